The Labute approximate surface area is 221 Å². The standard InChI is InChI=1S/C27H34N6O5/c1-18(35)33(15-19-6-10-22(37-3)11-7-19)16-27(2,32-26(36)29-17-34)14-23-13-20-5-4-12-28-25(30-21-8-9-21)31-24(20)38-23/h6-7,10-13,17,21H,4-5,8-9,14-16H2,1-3H3,(H,30,31)(H2,29,32,34,36)/b28-12-/t27-/m1/s1. The number of nitrogens with one attached hydrogen (secondary N) is 3. The predicted molar refractivity (Wildman–Crippen MR) is 144 cm³/mol. The van der Waals surface area contributed by atoms with E-state index in [4.69, 9.17) is 9.15 Å². The number of carbonyl (C=O) groups excluding carboxylic acids is 3. The van der Waals surface area contributed by atoms with Crippen LogP contribution in [0.15, 0.2) is 44.7 Å². The topological polar surface area (TPSA) is 138 Å². The van der Waals surface area contributed by atoms with Gasteiger partial charge in [0.15, 0.2) is 0 Å². The highest BCUT2D eigenvalue weighted by Crippen LogP contribution is 2.29. The van der Waals surface area contributed by atoms with Gasteiger partial charge in [-0.3, -0.25) is 20.2 Å². The van der Waals surface area contributed by atoms with E-state index in [1.165, 1.54) is 6.92 Å². The molecular formula is C27H34N6O5. The van der Waals surface area contributed by atoms with Gasteiger partial charge in [0, 0.05) is 38.2 Å². The van der Waals surface area contributed by atoms with Crippen molar-refractivity contribution in [3.63, 3.8) is 0 Å². The largest absolute Gasteiger partial charge is 0.497 e. The van der Waals surface area contributed by atoms with Crippen molar-refractivity contribution in [1.82, 2.24) is 15.5 Å². The summed E-state index contributed by atoms with van der Waals surface area (Å²) in [4.78, 5) is 46.6. The summed E-state index contributed by atoms with van der Waals surface area (Å²) in [6.45, 7) is 3.81. The summed E-state index contributed by atoms with van der Waals surface area (Å²) in [5.41, 5.74) is 0.934. The minimum Gasteiger partial charge on any atom is -0.497 e. The number of rotatable bonds is 10. The van der Waals surface area contributed by atoms with Crippen molar-refractivity contribution in [2.24, 2.45) is 9.98 Å². The summed E-state index contributed by atoms with van der Waals surface area (Å²) in [5, 5.41) is 8.18. The van der Waals surface area contributed by atoms with E-state index in [2.05, 4.69) is 25.9 Å². The Balaban J connectivity index is 1.55. The molecule has 202 valence electrons. The number of fused-ring (bicyclic) bond motifs is 1. The van der Waals surface area contributed by atoms with Gasteiger partial charge in [0.05, 0.1) is 18.7 Å². The number of amides is 4. The van der Waals surface area contributed by atoms with Gasteiger partial charge in [-0.15, -0.1) is 0 Å². The number of hydrogen-bond donors (Lipinski definition) is 3. The van der Waals surface area contributed by atoms with Crippen LogP contribution in [0.25, 0.3) is 0 Å². The zero-order valence-electron chi connectivity index (χ0n) is 22.0. The fourth-order valence-corrected chi connectivity index (χ4v) is 4.35. The summed E-state index contributed by atoms with van der Waals surface area (Å²) in [7, 11) is 1.59. The molecule has 4 rings (SSSR count). The number of nitrogens with zero attached hydrogens (tertiary/aromatic N) is 3. The molecule has 1 aliphatic heterocycles. The lowest BCUT2D eigenvalue weighted by Gasteiger charge is -2.35. The number of benzene rings is 1. The third-order valence-corrected chi connectivity index (χ3v) is 6.38. The quantitative estimate of drug-likeness (QED) is 0.410. The Kier molecular flexibility index (Phi) is 8.45. The third-order valence-electron chi connectivity index (χ3n) is 6.38. The lowest BCUT2D eigenvalue weighted by Crippen LogP contribution is -2.57. The number of anilines is 1. The van der Waals surface area contributed by atoms with E-state index in [0.717, 1.165) is 42.6 Å². The van der Waals surface area contributed by atoms with Crippen LogP contribution >= 0.6 is 0 Å². The van der Waals surface area contributed by atoms with Gasteiger partial charge in [-0.25, -0.2) is 14.8 Å². The second kappa shape index (κ2) is 11.9. The molecule has 0 radical (unpaired) electrons. The van der Waals surface area contributed by atoms with Gasteiger partial charge in [-0.1, -0.05) is 12.1 Å². The van der Waals surface area contributed by atoms with E-state index < -0.39 is 11.6 Å². The molecule has 1 atom stereocenters. The second-order valence-electron chi connectivity index (χ2n) is 9.90. The van der Waals surface area contributed by atoms with Crippen LogP contribution < -0.4 is 20.7 Å². The maximum absolute atomic E-state index is 12.6. The molecule has 0 spiro atoms. The van der Waals surface area contributed by atoms with Crippen molar-refractivity contribution < 1.29 is 23.5 Å². The van der Waals surface area contributed by atoms with E-state index >= 15 is 0 Å². The molecule has 11 heteroatoms. The van der Waals surface area contributed by atoms with Crippen LogP contribution in [0.4, 0.5) is 10.7 Å². The van der Waals surface area contributed by atoms with Gasteiger partial charge in [0.1, 0.15) is 11.5 Å². The molecule has 0 saturated heterocycles. The molecule has 1 fully saturated rings. The Hall–Kier alpha value is -4.15. The molecule has 1 aliphatic carbocycles. The monoisotopic (exact) mass is 522 g/mol. The summed E-state index contributed by atoms with van der Waals surface area (Å²) in [5.74, 6) is 2.30. The van der Waals surface area contributed by atoms with E-state index in [1.54, 1.807) is 12.0 Å². The molecule has 1 saturated carbocycles. The number of hydrogen-bond acceptors (Lipinski definition) is 6. The van der Waals surface area contributed by atoms with E-state index in [1.807, 2.05) is 43.5 Å². The highest BCUT2D eigenvalue weighted by Gasteiger charge is 2.33. The van der Waals surface area contributed by atoms with Crippen LogP contribution in [0.3, 0.4) is 0 Å². The Morgan fingerprint density at radius 3 is 2.74 bits per heavy atom. The molecule has 38 heavy (non-hydrogen) atoms. The first kappa shape index (κ1) is 26.9. The van der Waals surface area contributed by atoms with Gasteiger partial charge in [-0.05, 0) is 56.4 Å². The van der Waals surface area contributed by atoms with Crippen molar-refractivity contribution in [2.45, 2.75) is 64.1 Å². The summed E-state index contributed by atoms with van der Waals surface area (Å²) < 4.78 is 11.4. The van der Waals surface area contributed by atoms with Crippen molar-refractivity contribution >= 4 is 36.4 Å². The number of methoxy groups -OCH3 is 1. The van der Waals surface area contributed by atoms with Crippen LogP contribution in [-0.2, 0) is 29.0 Å². The number of imide groups is 1. The number of carbonyl (C=O) groups is 3. The first-order valence-electron chi connectivity index (χ1n) is 12.7. The van der Waals surface area contributed by atoms with Crippen molar-refractivity contribution in [1.29, 1.82) is 0 Å². The molecule has 3 N–H and O–H groups in total. The van der Waals surface area contributed by atoms with Gasteiger partial charge in [0.25, 0.3) is 0 Å². The normalized spacial score (nSPS) is 18.1. The molecule has 0 bridgehead atoms. The molecule has 0 unspecified atom stereocenters. The number of urea groups is 1. The molecule has 2 aliphatic rings. The average molecular weight is 523 g/mol. The lowest BCUT2D eigenvalue weighted by atomic mass is 9.94. The van der Waals surface area contributed by atoms with Crippen molar-refractivity contribution in [3.8, 4) is 5.75 Å². The Morgan fingerprint density at radius 1 is 1.32 bits per heavy atom. The lowest BCUT2D eigenvalue weighted by molar-refractivity contribution is -0.130. The highest BCUT2D eigenvalue weighted by molar-refractivity contribution is 5.98. The zero-order valence-corrected chi connectivity index (χ0v) is 22.0. The molecule has 4 amide bonds. The van der Waals surface area contributed by atoms with E-state index in [0.29, 0.717) is 36.6 Å². The van der Waals surface area contributed by atoms with Crippen molar-refractivity contribution in [3.05, 3.63) is 47.2 Å². The molecule has 2 aromatic rings. The van der Waals surface area contributed by atoms with Crippen LogP contribution in [0, 0.1) is 0 Å². The Bertz CT molecular complexity index is 1220. The summed E-state index contributed by atoms with van der Waals surface area (Å²) >= 11 is 0. The molecule has 11 nitrogen and oxygen atoms in total. The van der Waals surface area contributed by atoms with Gasteiger partial charge < -0.3 is 19.4 Å². The van der Waals surface area contributed by atoms with Gasteiger partial charge in [-0.2, -0.15) is 0 Å². The number of ether oxygens (including phenoxy) is 1. The van der Waals surface area contributed by atoms with E-state index in [-0.39, 0.29) is 18.9 Å². The fraction of sp³-hybridized carbons (Fsp3) is 0.444. The Morgan fingerprint density at radius 2 is 2.08 bits per heavy atom. The summed E-state index contributed by atoms with van der Waals surface area (Å²) in [6, 6.07) is 9.04. The third kappa shape index (κ3) is 7.44. The first-order valence-corrected chi connectivity index (χ1v) is 12.7. The minimum atomic E-state index is -0.959. The van der Waals surface area contributed by atoms with Crippen LogP contribution in [0.5, 0.6) is 5.75 Å². The fourth-order valence-electron chi connectivity index (χ4n) is 4.35. The van der Waals surface area contributed by atoms with E-state index in [9.17, 15) is 14.4 Å². The maximum Gasteiger partial charge on any atom is 0.321 e. The average Bonchev–Trinajstić information content (AvgIpc) is 3.61. The molecule has 2 heterocycles. The first-order chi connectivity index (χ1) is 18.3. The smallest absolute Gasteiger partial charge is 0.321 e. The predicted octanol–water partition coefficient (Wildman–Crippen LogP) is 3.04. The van der Waals surface area contributed by atoms with Crippen LogP contribution in [0.2, 0.25) is 0 Å². The SMILES string of the molecule is COc1ccc(CN(C[C@@](C)(Cc2cc3c(o2)NC(=NC2CC2)/N=C\CC3)NC(=O)NC=O)C(C)=O)cc1. The number of furan rings is 1. The minimum absolute atomic E-state index is 0.156. The van der Waals surface area contributed by atoms with Crippen LogP contribution in [0.1, 0.15) is 50.0 Å². The number of guanidine groups is 1. The summed E-state index contributed by atoms with van der Waals surface area (Å²) in [6.07, 6.45) is 6.05. The molecule has 1 aromatic carbocycles. The molecule has 1 aromatic heterocycles. The number of aliphatic imine (C=N–C) groups is 2. The van der Waals surface area contributed by atoms with Crippen molar-refractivity contribution in [2.75, 3.05) is 19.0 Å². The van der Waals surface area contributed by atoms with Crippen LogP contribution in [-0.4, -0.2) is 60.7 Å². The second-order valence-corrected chi connectivity index (χ2v) is 9.90. The zero-order chi connectivity index (χ0) is 27.1. The van der Waals surface area contributed by atoms with Gasteiger partial charge in [0.2, 0.25) is 24.2 Å². The molecular weight excluding hydrogens is 488 g/mol. The number of aryl methyl sites for hydroxylation is 1. The highest BCUT2D eigenvalue weighted by atomic mass is 16.5. The maximum atomic E-state index is 12.6. The van der Waals surface area contributed by atoms with Gasteiger partial charge >= 0.3 is 6.03 Å².